The van der Waals surface area contributed by atoms with Gasteiger partial charge in [0, 0.05) is 0 Å². The molecule has 3 unspecified atom stereocenters. The van der Waals surface area contributed by atoms with Crippen LogP contribution in [0.1, 0.15) is 59.3 Å². The smallest absolute Gasteiger partial charge is 0.0105 e. The fourth-order valence-electron chi connectivity index (χ4n) is 5.11. The van der Waals surface area contributed by atoms with Crippen LogP contribution in [-0.4, -0.2) is 0 Å². The maximum atomic E-state index is 2.59. The summed E-state index contributed by atoms with van der Waals surface area (Å²) in [5.74, 6) is 1.76. The predicted octanol–water partition coefficient (Wildman–Crippen LogP) is 5.12. The molecule has 0 bridgehead atoms. The molecule has 94 valence electrons. The molecule has 1 saturated carbocycles. The molecule has 0 aromatic carbocycles. The fourth-order valence-corrected chi connectivity index (χ4v) is 5.11. The molecule has 1 fully saturated rings. The zero-order chi connectivity index (χ0) is 12.1. The molecule has 0 aromatic rings. The number of hydrogen-bond donors (Lipinski definition) is 0. The van der Waals surface area contributed by atoms with Gasteiger partial charge in [0.2, 0.25) is 0 Å². The Morgan fingerprint density at radius 2 is 2.00 bits per heavy atom. The number of allylic oxidation sites excluding steroid dienone is 4. The van der Waals surface area contributed by atoms with Crippen molar-refractivity contribution >= 4 is 0 Å². The van der Waals surface area contributed by atoms with Crippen LogP contribution in [0.15, 0.2) is 23.8 Å². The number of rotatable bonds is 0. The van der Waals surface area contributed by atoms with Crippen LogP contribution >= 0.6 is 0 Å². The summed E-state index contributed by atoms with van der Waals surface area (Å²) in [6, 6.07) is 0. The summed E-state index contributed by atoms with van der Waals surface area (Å²) in [7, 11) is 0. The van der Waals surface area contributed by atoms with Gasteiger partial charge < -0.3 is 0 Å². The highest BCUT2D eigenvalue weighted by atomic mass is 14.6. The molecule has 0 saturated heterocycles. The van der Waals surface area contributed by atoms with Crippen molar-refractivity contribution in [2.45, 2.75) is 59.3 Å². The molecule has 0 aliphatic heterocycles. The molecule has 0 aromatic heterocycles. The molecule has 0 N–H and O–H groups in total. The summed E-state index contributed by atoms with van der Waals surface area (Å²) < 4.78 is 0. The average Bonchev–Trinajstić information content (AvgIpc) is 2.28. The highest BCUT2D eigenvalue weighted by Gasteiger charge is 2.51. The van der Waals surface area contributed by atoms with E-state index in [1.807, 2.05) is 0 Å². The molecular formula is C17H26. The summed E-state index contributed by atoms with van der Waals surface area (Å²) >= 11 is 0. The van der Waals surface area contributed by atoms with Crippen molar-refractivity contribution in [3.05, 3.63) is 23.8 Å². The molecule has 0 nitrogen and oxygen atoms in total. The molecular weight excluding hydrogens is 204 g/mol. The van der Waals surface area contributed by atoms with Crippen LogP contribution in [0.25, 0.3) is 0 Å². The second-order valence-electron chi connectivity index (χ2n) is 7.37. The van der Waals surface area contributed by atoms with Crippen molar-refractivity contribution in [2.75, 3.05) is 0 Å². The molecule has 0 radical (unpaired) electrons. The number of hydrogen-bond acceptors (Lipinski definition) is 0. The Balaban J connectivity index is 2.02. The first-order valence-corrected chi connectivity index (χ1v) is 7.41. The average molecular weight is 230 g/mol. The zero-order valence-electron chi connectivity index (χ0n) is 11.6. The highest BCUT2D eigenvalue weighted by Crippen LogP contribution is 2.61. The summed E-state index contributed by atoms with van der Waals surface area (Å²) in [6.07, 6.45) is 15.7. The van der Waals surface area contributed by atoms with Crippen LogP contribution in [0.4, 0.5) is 0 Å². The van der Waals surface area contributed by atoms with E-state index in [9.17, 15) is 0 Å². The molecule has 0 heteroatoms. The van der Waals surface area contributed by atoms with Crippen LogP contribution in [0.2, 0.25) is 0 Å². The normalized spacial score (nSPS) is 43.6. The van der Waals surface area contributed by atoms with Gasteiger partial charge >= 0.3 is 0 Å². The Labute approximate surface area is 106 Å². The first kappa shape index (κ1) is 11.6. The monoisotopic (exact) mass is 230 g/mol. The Kier molecular flexibility index (Phi) is 2.54. The van der Waals surface area contributed by atoms with Crippen molar-refractivity contribution in [3.8, 4) is 0 Å². The van der Waals surface area contributed by atoms with E-state index in [-0.39, 0.29) is 0 Å². The van der Waals surface area contributed by atoms with Gasteiger partial charge in [0.15, 0.2) is 0 Å². The SMILES string of the molecule is CC1(C)CCCC2(C)C3CCC=CC3=CCC12. The molecule has 3 aliphatic carbocycles. The Morgan fingerprint density at radius 3 is 2.82 bits per heavy atom. The van der Waals surface area contributed by atoms with E-state index >= 15 is 0 Å². The van der Waals surface area contributed by atoms with Crippen LogP contribution in [-0.2, 0) is 0 Å². The number of fused-ring (bicyclic) bond motifs is 3. The van der Waals surface area contributed by atoms with E-state index in [2.05, 4.69) is 39.0 Å². The minimum Gasteiger partial charge on any atom is -0.0842 e. The van der Waals surface area contributed by atoms with Crippen LogP contribution in [0.5, 0.6) is 0 Å². The van der Waals surface area contributed by atoms with Crippen molar-refractivity contribution in [3.63, 3.8) is 0 Å². The van der Waals surface area contributed by atoms with E-state index in [0.717, 1.165) is 11.8 Å². The van der Waals surface area contributed by atoms with Crippen molar-refractivity contribution in [2.24, 2.45) is 22.7 Å². The minimum atomic E-state index is 0.552. The Bertz CT molecular complexity index is 371. The van der Waals surface area contributed by atoms with E-state index in [1.165, 1.54) is 38.5 Å². The molecule has 3 atom stereocenters. The van der Waals surface area contributed by atoms with Gasteiger partial charge in [-0.15, -0.1) is 0 Å². The lowest BCUT2D eigenvalue weighted by Gasteiger charge is -2.57. The fraction of sp³-hybridized carbons (Fsp3) is 0.765. The quantitative estimate of drug-likeness (QED) is 0.542. The van der Waals surface area contributed by atoms with Gasteiger partial charge in [-0.25, -0.2) is 0 Å². The molecule has 0 heterocycles. The van der Waals surface area contributed by atoms with Gasteiger partial charge in [-0.05, 0) is 60.3 Å². The van der Waals surface area contributed by atoms with Crippen LogP contribution < -0.4 is 0 Å². The molecule has 3 aliphatic rings. The standard InChI is InChI=1S/C17H26/c1-16(2)11-6-12-17(3)14-8-5-4-7-13(14)9-10-15(16)17/h4,7,9,14-15H,5-6,8,10-12H2,1-3H3. The van der Waals surface area contributed by atoms with E-state index < -0.39 is 0 Å². The molecule has 17 heavy (non-hydrogen) atoms. The van der Waals surface area contributed by atoms with Crippen molar-refractivity contribution in [1.82, 2.24) is 0 Å². The second kappa shape index (κ2) is 3.73. The van der Waals surface area contributed by atoms with Gasteiger partial charge in [0.05, 0.1) is 0 Å². The largest absolute Gasteiger partial charge is 0.0842 e. The van der Waals surface area contributed by atoms with Gasteiger partial charge in [-0.2, -0.15) is 0 Å². The maximum absolute atomic E-state index is 2.59. The van der Waals surface area contributed by atoms with Gasteiger partial charge in [-0.3, -0.25) is 0 Å². The summed E-state index contributed by atoms with van der Waals surface area (Å²) in [5, 5.41) is 0. The lowest BCUT2D eigenvalue weighted by atomic mass is 9.47. The first-order valence-electron chi connectivity index (χ1n) is 7.41. The van der Waals surface area contributed by atoms with Gasteiger partial charge in [0.25, 0.3) is 0 Å². The van der Waals surface area contributed by atoms with E-state index in [0.29, 0.717) is 10.8 Å². The Hall–Kier alpha value is -0.520. The Morgan fingerprint density at radius 1 is 1.18 bits per heavy atom. The van der Waals surface area contributed by atoms with E-state index in [4.69, 9.17) is 0 Å². The van der Waals surface area contributed by atoms with Crippen molar-refractivity contribution in [1.29, 1.82) is 0 Å². The predicted molar refractivity (Wildman–Crippen MR) is 73.8 cm³/mol. The van der Waals surface area contributed by atoms with Gasteiger partial charge in [-0.1, -0.05) is 45.4 Å². The zero-order valence-corrected chi connectivity index (χ0v) is 11.6. The van der Waals surface area contributed by atoms with E-state index in [1.54, 1.807) is 5.57 Å². The minimum absolute atomic E-state index is 0.552. The first-order chi connectivity index (χ1) is 8.04. The lowest BCUT2D eigenvalue weighted by molar-refractivity contribution is -0.0384. The third-order valence-corrected chi connectivity index (χ3v) is 6.00. The second-order valence-corrected chi connectivity index (χ2v) is 7.37. The highest BCUT2D eigenvalue weighted by molar-refractivity contribution is 5.31. The summed E-state index contributed by atoms with van der Waals surface area (Å²) in [5.41, 5.74) is 2.79. The van der Waals surface area contributed by atoms with Gasteiger partial charge in [0.1, 0.15) is 0 Å². The molecule has 0 spiro atoms. The third-order valence-electron chi connectivity index (χ3n) is 6.00. The van der Waals surface area contributed by atoms with Crippen molar-refractivity contribution < 1.29 is 0 Å². The lowest BCUT2D eigenvalue weighted by Crippen LogP contribution is -2.48. The van der Waals surface area contributed by atoms with Crippen LogP contribution in [0, 0.1) is 22.7 Å². The molecule has 3 rings (SSSR count). The third kappa shape index (κ3) is 1.63. The summed E-state index contributed by atoms with van der Waals surface area (Å²) in [6.45, 7) is 7.61. The maximum Gasteiger partial charge on any atom is -0.0105 e. The topological polar surface area (TPSA) is 0 Å². The summed E-state index contributed by atoms with van der Waals surface area (Å²) in [4.78, 5) is 0. The van der Waals surface area contributed by atoms with Crippen LogP contribution in [0.3, 0.4) is 0 Å². The molecule has 0 amide bonds.